The number of likely N-dealkylation sites (tertiary alicyclic amines) is 1. The van der Waals surface area contributed by atoms with Crippen LogP contribution < -0.4 is 5.32 Å². The summed E-state index contributed by atoms with van der Waals surface area (Å²) in [6.07, 6.45) is 5.78. The minimum absolute atomic E-state index is 0.342. The molecule has 1 aliphatic carbocycles. The summed E-state index contributed by atoms with van der Waals surface area (Å²) in [5, 5.41) is 3.37. The van der Waals surface area contributed by atoms with Crippen LogP contribution in [-0.4, -0.2) is 47.9 Å². The van der Waals surface area contributed by atoms with E-state index in [1.54, 1.807) is 4.90 Å². The molecule has 1 aliphatic heterocycles. The molecule has 1 N–H and O–H groups in total. The number of benzene rings is 1. The predicted molar refractivity (Wildman–Crippen MR) is 106 cm³/mol. The Morgan fingerprint density at radius 2 is 1.96 bits per heavy atom. The van der Waals surface area contributed by atoms with E-state index in [1.165, 1.54) is 5.56 Å². The number of halogens is 1. The third-order valence-corrected chi connectivity index (χ3v) is 5.17. The van der Waals surface area contributed by atoms with Crippen LogP contribution in [0.2, 0.25) is 0 Å². The highest BCUT2D eigenvalue weighted by Gasteiger charge is 2.40. The monoisotopic (exact) mass is 374 g/mol. The van der Waals surface area contributed by atoms with Crippen LogP contribution in [0, 0.1) is 5.92 Å². The van der Waals surface area contributed by atoms with Gasteiger partial charge in [0.2, 0.25) is 0 Å². The van der Waals surface area contributed by atoms with Gasteiger partial charge >= 0.3 is 6.09 Å². The van der Waals surface area contributed by atoms with Crippen molar-refractivity contribution in [1.82, 2.24) is 10.2 Å². The van der Waals surface area contributed by atoms with Crippen molar-refractivity contribution in [2.75, 3.05) is 19.6 Å². The number of hydrogen-bond acceptors (Lipinski definition) is 3. The smallest absolute Gasteiger partial charge is 0.410 e. The number of carbonyl (C=O) groups excluding carboxylic acids is 1. The first-order valence-electron chi connectivity index (χ1n) is 9.88. The van der Waals surface area contributed by atoms with Crippen LogP contribution in [0.25, 0.3) is 6.08 Å². The molecule has 0 aromatic heterocycles. The largest absolute Gasteiger partial charge is 0.444 e. The van der Waals surface area contributed by atoms with E-state index in [9.17, 15) is 4.79 Å². The topological polar surface area (TPSA) is 41.6 Å². The summed E-state index contributed by atoms with van der Waals surface area (Å²) >= 11 is 0. The Bertz CT molecular complexity index is 661. The van der Waals surface area contributed by atoms with Crippen molar-refractivity contribution in [3.05, 3.63) is 42.0 Å². The minimum atomic E-state index is -1.24. The molecule has 2 unspecified atom stereocenters. The molecule has 1 aromatic rings. The molecule has 1 saturated carbocycles. The first-order valence-corrected chi connectivity index (χ1v) is 9.88. The van der Waals surface area contributed by atoms with Crippen LogP contribution in [0.5, 0.6) is 0 Å². The molecule has 5 heteroatoms. The van der Waals surface area contributed by atoms with Crippen molar-refractivity contribution in [2.24, 2.45) is 5.92 Å². The van der Waals surface area contributed by atoms with Crippen molar-refractivity contribution >= 4 is 12.2 Å². The van der Waals surface area contributed by atoms with Gasteiger partial charge in [-0.1, -0.05) is 42.5 Å². The van der Waals surface area contributed by atoms with Gasteiger partial charge < -0.3 is 15.0 Å². The third kappa shape index (κ3) is 6.06. The molecule has 1 aromatic carbocycles. The Labute approximate surface area is 161 Å². The van der Waals surface area contributed by atoms with E-state index in [4.69, 9.17) is 4.74 Å². The van der Waals surface area contributed by atoms with Crippen LogP contribution in [0.1, 0.15) is 45.6 Å². The second-order valence-electron chi connectivity index (χ2n) is 8.78. The summed E-state index contributed by atoms with van der Waals surface area (Å²) in [7, 11) is 0. The summed E-state index contributed by atoms with van der Waals surface area (Å²) < 4.78 is 20.4. The highest BCUT2D eigenvalue weighted by molar-refractivity contribution is 5.68. The van der Waals surface area contributed by atoms with Crippen molar-refractivity contribution < 1.29 is 13.9 Å². The summed E-state index contributed by atoms with van der Waals surface area (Å²) in [6.45, 7) is 6.71. The molecule has 0 spiro atoms. The van der Waals surface area contributed by atoms with Crippen molar-refractivity contribution in [3.63, 3.8) is 0 Å². The fraction of sp³-hybridized carbons (Fsp3) is 0.591. The molecule has 0 bridgehead atoms. The standard InChI is InChI=1S/C22H31FN2O2/c1-21(2,3)27-20(26)25-13-11-22(23,12-14-25)16-24-19-15-18(19)10-9-17-7-5-4-6-8-17/h4-10,18-19,24H,11-16H2,1-3H3/b10-9+. The zero-order chi connectivity index (χ0) is 19.5. The predicted octanol–water partition coefficient (Wildman–Crippen LogP) is 4.42. The number of piperidine rings is 1. The third-order valence-electron chi connectivity index (χ3n) is 5.17. The number of nitrogens with one attached hydrogen (secondary N) is 1. The number of carbonyl (C=O) groups is 1. The van der Waals surface area contributed by atoms with E-state index in [0.29, 0.717) is 44.4 Å². The molecule has 3 rings (SSSR count). The zero-order valence-corrected chi connectivity index (χ0v) is 16.6. The number of alkyl halides is 1. The van der Waals surface area contributed by atoms with Gasteiger partial charge in [-0.15, -0.1) is 0 Å². The van der Waals surface area contributed by atoms with Crippen LogP contribution in [0.4, 0.5) is 9.18 Å². The maximum absolute atomic E-state index is 15.1. The lowest BCUT2D eigenvalue weighted by atomic mass is 9.93. The van der Waals surface area contributed by atoms with Gasteiger partial charge in [-0.25, -0.2) is 9.18 Å². The summed E-state index contributed by atoms with van der Waals surface area (Å²) in [4.78, 5) is 13.7. The molecule has 2 atom stereocenters. The molecule has 148 valence electrons. The van der Waals surface area contributed by atoms with E-state index >= 15 is 4.39 Å². The number of amides is 1. The van der Waals surface area contributed by atoms with Crippen LogP contribution >= 0.6 is 0 Å². The van der Waals surface area contributed by atoms with Crippen LogP contribution in [-0.2, 0) is 4.74 Å². The Morgan fingerprint density at radius 1 is 1.30 bits per heavy atom. The number of nitrogens with zero attached hydrogens (tertiary/aromatic N) is 1. The Morgan fingerprint density at radius 3 is 2.59 bits per heavy atom. The molecular weight excluding hydrogens is 343 g/mol. The first-order chi connectivity index (χ1) is 12.7. The Hall–Kier alpha value is -1.88. The number of rotatable bonds is 5. The van der Waals surface area contributed by atoms with Gasteiger partial charge in [0.1, 0.15) is 11.3 Å². The number of ether oxygens (including phenoxy) is 1. The quantitative estimate of drug-likeness (QED) is 0.830. The average Bonchev–Trinajstić information content (AvgIpc) is 3.37. The van der Waals surface area contributed by atoms with Gasteiger partial charge in [0.05, 0.1) is 0 Å². The van der Waals surface area contributed by atoms with E-state index < -0.39 is 11.3 Å². The molecule has 2 fully saturated rings. The van der Waals surface area contributed by atoms with E-state index in [2.05, 4.69) is 29.6 Å². The highest BCUT2D eigenvalue weighted by Crippen LogP contribution is 2.34. The molecular formula is C22H31FN2O2. The van der Waals surface area contributed by atoms with Crippen LogP contribution in [0.15, 0.2) is 36.4 Å². The van der Waals surface area contributed by atoms with E-state index in [0.717, 1.165) is 6.42 Å². The lowest BCUT2D eigenvalue weighted by Gasteiger charge is -2.37. The zero-order valence-electron chi connectivity index (χ0n) is 16.6. The normalized spacial score (nSPS) is 24.8. The van der Waals surface area contributed by atoms with Crippen LogP contribution in [0.3, 0.4) is 0 Å². The minimum Gasteiger partial charge on any atom is -0.444 e. The summed E-state index contributed by atoms with van der Waals surface area (Å²) in [5.41, 5.74) is -0.564. The molecule has 1 amide bonds. The van der Waals surface area contributed by atoms with Crippen molar-refractivity contribution in [2.45, 2.75) is 57.3 Å². The SMILES string of the molecule is CC(C)(C)OC(=O)N1CCC(F)(CNC2CC2/C=C/c2ccccc2)CC1. The van der Waals surface area contributed by atoms with Gasteiger partial charge in [-0.05, 0) is 38.7 Å². The van der Waals surface area contributed by atoms with Crippen molar-refractivity contribution in [3.8, 4) is 0 Å². The fourth-order valence-corrected chi connectivity index (χ4v) is 3.37. The second-order valence-corrected chi connectivity index (χ2v) is 8.78. The van der Waals surface area contributed by atoms with Gasteiger partial charge in [-0.3, -0.25) is 0 Å². The average molecular weight is 375 g/mol. The highest BCUT2D eigenvalue weighted by atomic mass is 19.1. The summed E-state index contributed by atoms with van der Waals surface area (Å²) in [6, 6.07) is 10.6. The molecule has 27 heavy (non-hydrogen) atoms. The van der Waals surface area contributed by atoms with Crippen molar-refractivity contribution in [1.29, 1.82) is 0 Å². The van der Waals surface area contributed by atoms with Gasteiger partial charge in [0.15, 0.2) is 0 Å². The van der Waals surface area contributed by atoms with E-state index in [-0.39, 0.29) is 6.09 Å². The Kier molecular flexibility index (Phi) is 5.89. The first kappa shape index (κ1) is 19.9. The van der Waals surface area contributed by atoms with E-state index in [1.807, 2.05) is 39.0 Å². The summed E-state index contributed by atoms with van der Waals surface area (Å²) in [5.74, 6) is 0.482. The van der Waals surface area contributed by atoms with Gasteiger partial charge in [-0.2, -0.15) is 0 Å². The lowest BCUT2D eigenvalue weighted by molar-refractivity contribution is 0.00335. The number of hydrogen-bond donors (Lipinski definition) is 1. The molecule has 0 radical (unpaired) electrons. The molecule has 4 nitrogen and oxygen atoms in total. The van der Waals surface area contributed by atoms with Gasteiger partial charge in [0.25, 0.3) is 0 Å². The maximum atomic E-state index is 15.1. The maximum Gasteiger partial charge on any atom is 0.410 e. The lowest BCUT2D eigenvalue weighted by Crippen LogP contribution is -2.50. The fourth-order valence-electron chi connectivity index (χ4n) is 3.37. The molecule has 1 heterocycles. The Balaban J connectivity index is 1.38. The van der Waals surface area contributed by atoms with Gasteiger partial charge in [0, 0.05) is 38.5 Å². The second kappa shape index (κ2) is 8.01. The molecule has 2 aliphatic rings. The molecule has 1 saturated heterocycles.